The molecule has 1 aliphatic carbocycles. The van der Waals surface area contributed by atoms with Crippen LogP contribution in [0.4, 0.5) is 0 Å². The molecule has 0 unspecified atom stereocenters. The molecule has 1 saturated carbocycles. The molecule has 0 aliphatic heterocycles. The van der Waals surface area contributed by atoms with Gasteiger partial charge in [0, 0.05) is 32.1 Å². The molecule has 0 aromatic carbocycles. The lowest BCUT2D eigenvalue weighted by Gasteiger charge is -2.22. The van der Waals surface area contributed by atoms with E-state index in [1.165, 1.54) is 19.3 Å². The van der Waals surface area contributed by atoms with E-state index in [-0.39, 0.29) is 5.91 Å². The highest BCUT2D eigenvalue weighted by Crippen LogP contribution is 2.17. The standard InChI is InChI=1S/C17H34N4O/c1-4-18-17(19-12-10-14(2)3)20-13-11-16(22)21-15-8-6-5-7-9-15/h14-15H,4-13H2,1-3H3,(H,21,22)(H2,18,19,20). The Bertz CT molecular complexity index is 336. The SMILES string of the molecule is CCNC(=NCCC(C)C)NCCC(=O)NC1CCCCC1. The van der Waals surface area contributed by atoms with Gasteiger partial charge in [0.15, 0.2) is 5.96 Å². The highest BCUT2D eigenvalue weighted by molar-refractivity contribution is 5.81. The van der Waals surface area contributed by atoms with E-state index in [0.717, 1.165) is 38.3 Å². The van der Waals surface area contributed by atoms with Gasteiger partial charge in [-0.3, -0.25) is 9.79 Å². The molecule has 1 aliphatic rings. The number of guanidine groups is 1. The van der Waals surface area contributed by atoms with E-state index < -0.39 is 0 Å². The minimum atomic E-state index is 0.150. The fourth-order valence-electron chi connectivity index (χ4n) is 2.62. The molecule has 0 aromatic rings. The smallest absolute Gasteiger partial charge is 0.221 e. The van der Waals surface area contributed by atoms with Crippen molar-refractivity contribution in [3.8, 4) is 0 Å². The maximum Gasteiger partial charge on any atom is 0.221 e. The minimum Gasteiger partial charge on any atom is -0.357 e. The Kier molecular flexibility index (Phi) is 9.67. The summed E-state index contributed by atoms with van der Waals surface area (Å²) in [6, 6.07) is 0.397. The average Bonchev–Trinajstić information content (AvgIpc) is 2.48. The van der Waals surface area contributed by atoms with E-state index in [9.17, 15) is 4.79 Å². The first-order valence-electron chi connectivity index (χ1n) is 8.93. The number of nitrogens with zero attached hydrogens (tertiary/aromatic N) is 1. The van der Waals surface area contributed by atoms with E-state index in [1.807, 2.05) is 0 Å². The zero-order valence-electron chi connectivity index (χ0n) is 14.6. The number of carbonyl (C=O) groups excluding carboxylic acids is 1. The Balaban J connectivity index is 2.21. The molecule has 3 N–H and O–H groups in total. The predicted molar refractivity (Wildman–Crippen MR) is 93.1 cm³/mol. The Morgan fingerprint density at radius 3 is 2.55 bits per heavy atom. The van der Waals surface area contributed by atoms with Crippen molar-refractivity contribution >= 4 is 11.9 Å². The monoisotopic (exact) mass is 310 g/mol. The third-order valence-corrected chi connectivity index (χ3v) is 3.94. The summed E-state index contributed by atoms with van der Waals surface area (Å²) in [4.78, 5) is 16.5. The second-order valence-electron chi connectivity index (χ2n) is 6.52. The molecule has 0 spiro atoms. The van der Waals surface area contributed by atoms with E-state index in [0.29, 0.717) is 24.9 Å². The molecule has 0 heterocycles. The van der Waals surface area contributed by atoms with E-state index >= 15 is 0 Å². The minimum absolute atomic E-state index is 0.150. The lowest BCUT2D eigenvalue weighted by Crippen LogP contribution is -2.41. The largest absolute Gasteiger partial charge is 0.357 e. The van der Waals surface area contributed by atoms with Gasteiger partial charge in [-0.2, -0.15) is 0 Å². The van der Waals surface area contributed by atoms with Gasteiger partial charge >= 0.3 is 0 Å². The van der Waals surface area contributed by atoms with Crippen LogP contribution in [0.3, 0.4) is 0 Å². The maximum absolute atomic E-state index is 11.9. The summed E-state index contributed by atoms with van der Waals surface area (Å²) < 4.78 is 0. The third kappa shape index (κ3) is 8.90. The molecule has 1 fully saturated rings. The van der Waals surface area contributed by atoms with Crippen LogP contribution in [0.15, 0.2) is 4.99 Å². The molecule has 5 nitrogen and oxygen atoms in total. The van der Waals surface area contributed by atoms with Crippen molar-refractivity contribution in [2.24, 2.45) is 10.9 Å². The van der Waals surface area contributed by atoms with Gasteiger partial charge in [-0.1, -0.05) is 33.1 Å². The van der Waals surface area contributed by atoms with Crippen LogP contribution in [0.5, 0.6) is 0 Å². The molecule has 0 aromatic heterocycles. The van der Waals surface area contributed by atoms with Crippen LogP contribution in [-0.4, -0.2) is 37.5 Å². The lowest BCUT2D eigenvalue weighted by molar-refractivity contribution is -0.121. The quantitative estimate of drug-likeness (QED) is 0.476. The normalized spacial score (nSPS) is 16.6. The Morgan fingerprint density at radius 1 is 1.18 bits per heavy atom. The van der Waals surface area contributed by atoms with Crippen LogP contribution in [0.2, 0.25) is 0 Å². The van der Waals surface area contributed by atoms with Crippen LogP contribution in [-0.2, 0) is 4.79 Å². The lowest BCUT2D eigenvalue weighted by atomic mass is 9.95. The van der Waals surface area contributed by atoms with Gasteiger partial charge < -0.3 is 16.0 Å². The molecule has 5 heteroatoms. The van der Waals surface area contributed by atoms with Crippen LogP contribution in [0.25, 0.3) is 0 Å². The first-order chi connectivity index (χ1) is 10.6. The van der Waals surface area contributed by atoms with Crippen LogP contribution >= 0.6 is 0 Å². The van der Waals surface area contributed by atoms with E-state index in [2.05, 4.69) is 41.7 Å². The van der Waals surface area contributed by atoms with Crippen molar-refractivity contribution in [3.63, 3.8) is 0 Å². The van der Waals surface area contributed by atoms with Crippen LogP contribution < -0.4 is 16.0 Å². The van der Waals surface area contributed by atoms with Crippen molar-refractivity contribution in [2.75, 3.05) is 19.6 Å². The summed E-state index contributed by atoms with van der Waals surface area (Å²) >= 11 is 0. The van der Waals surface area contributed by atoms with Gasteiger partial charge in [0.25, 0.3) is 0 Å². The number of nitrogens with one attached hydrogen (secondary N) is 3. The van der Waals surface area contributed by atoms with E-state index in [4.69, 9.17) is 0 Å². The van der Waals surface area contributed by atoms with Gasteiger partial charge in [-0.25, -0.2) is 0 Å². The predicted octanol–water partition coefficient (Wildman–Crippen LogP) is 2.43. The van der Waals surface area contributed by atoms with E-state index in [1.54, 1.807) is 0 Å². The molecule has 0 bridgehead atoms. The van der Waals surface area contributed by atoms with Gasteiger partial charge in [-0.15, -0.1) is 0 Å². The summed E-state index contributed by atoms with van der Waals surface area (Å²) in [6.45, 7) is 8.74. The molecule has 1 rings (SSSR count). The molecule has 0 atom stereocenters. The number of amides is 1. The topological polar surface area (TPSA) is 65.5 Å². The maximum atomic E-state index is 11.9. The molecular weight excluding hydrogens is 276 g/mol. The fraction of sp³-hybridized carbons (Fsp3) is 0.882. The second kappa shape index (κ2) is 11.3. The van der Waals surface area contributed by atoms with Crippen molar-refractivity contribution in [1.82, 2.24) is 16.0 Å². The molecule has 1 amide bonds. The second-order valence-corrected chi connectivity index (χ2v) is 6.52. The summed E-state index contributed by atoms with van der Waals surface area (Å²) in [6.07, 6.45) is 7.67. The molecule has 128 valence electrons. The highest BCUT2D eigenvalue weighted by atomic mass is 16.1. The van der Waals surface area contributed by atoms with Gasteiger partial charge in [0.05, 0.1) is 0 Å². The summed E-state index contributed by atoms with van der Waals surface area (Å²) in [5.41, 5.74) is 0. The average molecular weight is 310 g/mol. The van der Waals surface area contributed by atoms with Gasteiger partial charge in [-0.05, 0) is 32.1 Å². The van der Waals surface area contributed by atoms with Crippen LogP contribution in [0.1, 0.15) is 65.7 Å². The first kappa shape index (κ1) is 18.8. The molecule has 0 radical (unpaired) electrons. The Morgan fingerprint density at radius 2 is 1.91 bits per heavy atom. The molecule has 22 heavy (non-hydrogen) atoms. The zero-order chi connectivity index (χ0) is 16.2. The summed E-state index contributed by atoms with van der Waals surface area (Å²) in [7, 11) is 0. The third-order valence-electron chi connectivity index (χ3n) is 3.94. The van der Waals surface area contributed by atoms with Crippen LogP contribution in [0, 0.1) is 5.92 Å². The van der Waals surface area contributed by atoms with Gasteiger partial charge in [0.1, 0.15) is 0 Å². The zero-order valence-corrected chi connectivity index (χ0v) is 14.6. The Hall–Kier alpha value is -1.26. The fourth-order valence-corrected chi connectivity index (χ4v) is 2.62. The highest BCUT2D eigenvalue weighted by Gasteiger charge is 2.15. The van der Waals surface area contributed by atoms with Crippen molar-refractivity contribution in [3.05, 3.63) is 0 Å². The summed E-state index contributed by atoms with van der Waals surface area (Å²) in [5.74, 6) is 1.62. The number of carbonyl (C=O) groups is 1. The van der Waals surface area contributed by atoms with Gasteiger partial charge in [0.2, 0.25) is 5.91 Å². The van der Waals surface area contributed by atoms with Crippen molar-refractivity contribution < 1.29 is 4.79 Å². The number of hydrogen-bond acceptors (Lipinski definition) is 2. The van der Waals surface area contributed by atoms with Crippen molar-refractivity contribution in [1.29, 1.82) is 0 Å². The molecular formula is C17H34N4O. The Labute approximate surface area is 135 Å². The number of hydrogen-bond donors (Lipinski definition) is 3. The summed E-state index contributed by atoms with van der Waals surface area (Å²) in [5, 5.41) is 9.60. The first-order valence-corrected chi connectivity index (χ1v) is 8.93. The molecule has 0 saturated heterocycles. The van der Waals surface area contributed by atoms with Crippen molar-refractivity contribution in [2.45, 2.75) is 71.8 Å². The number of aliphatic imine (C=N–C) groups is 1. The number of rotatable bonds is 8.